The molecule has 0 aromatic rings. The molecule has 0 aromatic heterocycles. The van der Waals surface area contributed by atoms with E-state index in [4.69, 9.17) is 0 Å². The van der Waals surface area contributed by atoms with E-state index in [1.165, 1.54) is 10.9 Å². The van der Waals surface area contributed by atoms with Crippen LogP contribution in [0.4, 0.5) is 0 Å². The molecule has 8 heavy (non-hydrogen) atoms. The van der Waals surface area contributed by atoms with Crippen molar-refractivity contribution < 1.29 is 0 Å². The van der Waals surface area contributed by atoms with Crippen LogP contribution < -0.4 is 0 Å². The number of fused-ring (bicyclic) bond motifs is 1. The molecule has 0 nitrogen and oxygen atoms in total. The zero-order chi connectivity index (χ0) is 5.40. The van der Waals surface area contributed by atoms with Gasteiger partial charge in [-0.15, -0.1) is 0 Å². The van der Waals surface area contributed by atoms with Crippen LogP contribution in [-0.2, 0) is 0 Å². The Morgan fingerprint density at radius 1 is 0.875 bits per heavy atom. The molecular weight excluding hydrogens is 93.7 g/mol. The van der Waals surface area contributed by atoms with E-state index in [1.54, 1.807) is 0 Å². The number of hydrogen-bond donors (Lipinski definition) is 0. The van der Waals surface area contributed by atoms with Crippen LogP contribution in [0.5, 0.6) is 0 Å². The third-order valence-electron chi connectivity index (χ3n) is 1.44. The van der Waals surface area contributed by atoms with Crippen LogP contribution in [0, 0.1) is 0 Å². The van der Waals surface area contributed by atoms with Gasteiger partial charge in [-0.25, -0.2) is 0 Å². The second kappa shape index (κ2) is 1.41. The van der Waals surface area contributed by atoms with Crippen molar-refractivity contribution in [1.29, 1.82) is 0 Å². The fraction of sp³-hybridized carbons (Fsp3) is 0. The van der Waals surface area contributed by atoms with Gasteiger partial charge in [-0.3, -0.25) is 0 Å². The second-order valence-electron chi connectivity index (χ2n) is 1.96. The first-order valence-electron chi connectivity index (χ1n) is 2.74. The standard InChI is InChI=1S/C6H4B2/c1-3-7-6-2-4-8-5(1)6/h1-4H. The molecule has 0 atom stereocenters. The Balaban J connectivity index is 2.59. The number of allylic oxidation sites excluding steroid dienone is 4. The van der Waals surface area contributed by atoms with E-state index in [0.29, 0.717) is 0 Å². The molecule has 2 rings (SSSR count). The van der Waals surface area contributed by atoms with Gasteiger partial charge in [0.25, 0.3) is 0 Å². The first kappa shape index (κ1) is 4.25. The van der Waals surface area contributed by atoms with E-state index in [2.05, 4.69) is 37.9 Å². The molecule has 2 heterocycles. The Morgan fingerprint density at radius 3 is 1.88 bits per heavy atom. The van der Waals surface area contributed by atoms with Gasteiger partial charge in [0.15, 0.2) is 0 Å². The Labute approximate surface area is 49.7 Å². The van der Waals surface area contributed by atoms with Gasteiger partial charge in [0, 0.05) is 0 Å². The Morgan fingerprint density at radius 2 is 1.38 bits per heavy atom. The third-order valence-corrected chi connectivity index (χ3v) is 1.44. The van der Waals surface area contributed by atoms with Gasteiger partial charge in [-0.1, -0.05) is 0 Å². The maximum absolute atomic E-state index is 2.12. The zero-order valence-corrected chi connectivity index (χ0v) is 4.46. The van der Waals surface area contributed by atoms with Crippen molar-refractivity contribution >= 4 is 25.8 Å². The van der Waals surface area contributed by atoms with Crippen LogP contribution in [-0.4, -0.2) is 25.8 Å². The van der Waals surface area contributed by atoms with Gasteiger partial charge in [-0.05, 0) is 0 Å². The topological polar surface area (TPSA) is 0 Å². The molecule has 0 radical (unpaired) electrons. The molecule has 0 bridgehead atoms. The normalized spacial score (nSPS) is 19.0. The van der Waals surface area contributed by atoms with Crippen LogP contribution in [0.2, 0.25) is 0 Å². The van der Waals surface area contributed by atoms with Crippen molar-refractivity contribution in [3.63, 3.8) is 0 Å². The minimum atomic E-state index is 1.35. The molecule has 0 amide bonds. The van der Waals surface area contributed by atoms with Gasteiger partial charge < -0.3 is 0 Å². The van der Waals surface area contributed by atoms with E-state index in [-0.39, 0.29) is 0 Å². The average molecular weight is 97.7 g/mol. The van der Waals surface area contributed by atoms with Gasteiger partial charge in [-0.2, -0.15) is 0 Å². The zero-order valence-electron chi connectivity index (χ0n) is 4.46. The fourth-order valence-corrected chi connectivity index (χ4v) is 1.01. The molecule has 0 N–H and O–H groups in total. The molecule has 0 spiro atoms. The summed E-state index contributed by atoms with van der Waals surface area (Å²) in [6, 6.07) is 0. The summed E-state index contributed by atoms with van der Waals surface area (Å²) in [5.74, 6) is 4.15. The molecule has 0 fully saturated rings. The molecule has 2 heteroatoms. The average Bonchev–Trinajstić information content (AvgIpc) is 2.15. The van der Waals surface area contributed by atoms with Crippen molar-refractivity contribution in [2.45, 2.75) is 0 Å². The van der Waals surface area contributed by atoms with Crippen molar-refractivity contribution in [3.05, 3.63) is 23.1 Å². The summed E-state index contributed by atoms with van der Waals surface area (Å²) >= 11 is 0. The van der Waals surface area contributed by atoms with E-state index in [0.717, 1.165) is 0 Å². The molecular formula is C6H4B2. The number of hydrogen-bond acceptors (Lipinski definition) is 0. The first-order chi connectivity index (χ1) is 3.97. The Bertz CT molecular complexity index is 205. The Hall–Kier alpha value is -0.650. The summed E-state index contributed by atoms with van der Waals surface area (Å²) in [5.41, 5.74) is 2.70. The summed E-state index contributed by atoms with van der Waals surface area (Å²) in [6.45, 7) is 4.24. The van der Waals surface area contributed by atoms with Gasteiger partial charge in [0.2, 0.25) is 0 Å². The second-order valence-corrected chi connectivity index (χ2v) is 1.96. The van der Waals surface area contributed by atoms with Crippen LogP contribution in [0.3, 0.4) is 0 Å². The van der Waals surface area contributed by atoms with E-state index in [1.807, 2.05) is 0 Å². The van der Waals surface area contributed by atoms with Crippen LogP contribution in [0.1, 0.15) is 0 Å². The van der Waals surface area contributed by atoms with Crippen molar-refractivity contribution in [3.8, 4) is 0 Å². The monoisotopic (exact) mass is 98.0 g/mol. The summed E-state index contributed by atoms with van der Waals surface area (Å²) in [4.78, 5) is 0. The van der Waals surface area contributed by atoms with Crippen LogP contribution in [0.15, 0.2) is 23.1 Å². The molecule has 0 aromatic carbocycles. The van der Waals surface area contributed by atoms with Crippen molar-refractivity contribution in [2.75, 3.05) is 0 Å². The SMILES string of the molecule is B1=CC=C2B=CC=C12. The van der Waals surface area contributed by atoms with E-state index in [9.17, 15) is 0 Å². The van der Waals surface area contributed by atoms with Gasteiger partial charge in [0.05, 0.1) is 0 Å². The van der Waals surface area contributed by atoms with Crippen LogP contribution >= 0.6 is 0 Å². The fourth-order valence-electron chi connectivity index (χ4n) is 1.01. The predicted octanol–water partition coefficient (Wildman–Crippen LogP) is -0.206. The molecule has 2 aliphatic heterocycles. The maximum atomic E-state index is 2.12. The summed E-state index contributed by atoms with van der Waals surface area (Å²) < 4.78 is 0. The summed E-state index contributed by atoms with van der Waals surface area (Å²) in [7, 11) is 0. The molecule has 0 aliphatic carbocycles. The summed E-state index contributed by atoms with van der Waals surface area (Å²) in [6.07, 6.45) is 4.24. The summed E-state index contributed by atoms with van der Waals surface area (Å²) in [5, 5.41) is 0. The predicted molar refractivity (Wildman–Crippen MR) is 39.8 cm³/mol. The molecule has 0 saturated carbocycles. The molecule has 2 aliphatic rings. The van der Waals surface area contributed by atoms with Crippen molar-refractivity contribution in [1.82, 2.24) is 0 Å². The minimum absolute atomic E-state index is 1.35. The molecule has 34 valence electrons. The van der Waals surface area contributed by atoms with Gasteiger partial charge in [0.1, 0.15) is 0 Å². The Kier molecular flexibility index (Phi) is 0.750. The molecule has 0 saturated heterocycles. The van der Waals surface area contributed by atoms with Crippen LogP contribution in [0.25, 0.3) is 0 Å². The van der Waals surface area contributed by atoms with Crippen molar-refractivity contribution in [2.24, 2.45) is 0 Å². The third kappa shape index (κ3) is 0.430. The van der Waals surface area contributed by atoms with E-state index >= 15 is 0 Å². The first-order valence-corrected chi connectivity index (χ1v) is 2.74. The molecule has 0 unspecified atom stereocenters. The quantitative estimate of drug-likeness (QED) is 0.367. The van der Waals surface area contributed by atoms with E-state index < -0.39 is 0 Å². The van der Waals surface area contributed by atoms with Gasteiger partial charge >= 0.3 is 48.9 Å². The number of rotatable bonds is 0.